The molecule has 0 bridgehead atoms. The van der Waals surface area contributed by atoms with Crippen molar-refractivity contribution in [1.29, 1.82) is 0 Å². The molecule has 2 amide bonds. The van der Waals surface area contributed by atoms with Gasteiger partial charge in [-0.1, -0.05) is 16.8 Å². The van der Waals surface area contributed by atoms with E-state index in [1.807, 2.05) is 12.1 Å². The monoisotopic (exact) mass is 435 g/mol. The second kappa shape index (κ2) is 7.92. The summed E-state index contributed by atoms with van der Waals surface area (Å²) < 4.78 is 10.7. The van der Waals surface area contributed by atoms with Gasteiger partial charge in [0.1, 0.15) is 5.52 Å². The molecule has 0 saturated carbocycles. The largest absolute Gasteiger partial charge is 0.459 e. The predicted octanol–water partition coefficient (Wildman–Crippen LogP) is 4.34. The molecule has 0 spiro atoms. The number of furan rings is 1. The summed E-state index contributed by atoms with van der Waals surface area (Å²) >= 11 is 5.98. The van der Waals surface area contributed by atoms with E-state index >= 15 is 0 Å². The van der Waals surface area contributed by atoms with Crippen LogP contribution in [0.2, 0.25) is 5.02 Å². The summed E-state index contributed by atoms with van der Waals surface area (Å²) in [4.78, 5) is 29.0. The van der Waals surface area contributed by atoms with Crippen LogP contribution >= 0.6 is 11.6 Å². The lowest BCUT2D eigenvalue weighted by Crippen LogP contribution is -2.50. The minimum absolute atomic E-state index is 0.0877. The third-order valence-electron chi connectivity index (χ3n) is 5.42. The van der Waals surface area contributed by atoms with Crippen LogP contribution in [0, 0.1) is 0 Å². The highest BCUT2D eigenvalue weighted by Crippen LogP contribution is 2.30. The molecule has 0 atom stereocenters. The fourth-order valence-corrected chi connectivity index (χ4v) is 3.86. The number of hydrogen-bond acceptors (Lipinski definition) is 5. The van der Waals surface area contributed by atoms with E-state index in [-0.39, 0.29) is 11.8 Å². The Kier molecular flexibility index (Phi) is 4.95. The summed E-state index contributed by atoms with van der Waals surface area (Å²) in [7, 11) is 0. The van der Waals surface area contributed by atoms with E-state index in [1.165, 1.54) is 6.26 Å². The summed E-state index contributed by atoms with van der Waals surface area (Å²) in [5, 5.41) is 5.49. The maximum atomic E-state index is 13.1. The van der Waals surface area contributed by atoms with Gasteiger partial charge in [0.15, 0.2) is 11.5 Å². The van der Waals surface area contributed by atoms with Gasteiger partial charge in [-0.15, -0.1) is 0 Å². The molecule has 0 aliphatic carbocycles. The van der Waals surface area contributed by atoms with Crippen molar-refractivity contribution in [1.82, 2.24) is 15.0 Å². The van der Waals surface area contributed by atoms with Crippen molar-refractivity contribution in [3.05, 3.63) is 77.2 Å². The van der Waals surface area contributed by atoms with Gasteiger partial charge in [0.05, 0.1) is 11.6 Å². The minimum Gasteiger partial charge on any atom is -0.459 e. The first-order valence-corrected chi connectivity index (χ1v) is 10.3. The molecule has 4 aromatic rings. The number of piperazine rings is 1. The van der Waals surface area contributed by atoms with E-state index in [4.69, 9.17) is 20.5 Å². The summed E-state index contributed by atoms with van der Waals surface area (Å²) in [5.41, 5.74) is 2.06. The number of amides is 2. The van der Waals surface area contributed by atoms with Crippen LogP contribution in [0.3, 0.4) is 0 Å². The third-order valence-corrected chi connectivity index (χ3v) is 5.67. The average Bonchev–Trinajstić information content (AvgIpc) is 3.49. The summed E-state index contributed by atoms with van der Waals surface area (Å²) in [6, 6.07) is 15.9. The van der Waals surface area contributed by atoms with Crippen molar-refractivity contribution in [2.24, 2.45) is 0 Å². The van der Waals surface area contributed by atoms with Crippen molar-refractivity contribution in [2.75, 3.05) is 26.2 Å². The van der Waals surface area contributed by atoms with E-state index in [2.05, 4.69) is 5.16 Å². The molecule has 3 heterocycles. The predicted molar refractivity (Wildman–Crippen MR) is 115 cm³/mol. The van der Waals surface area contributed by atoms with Crippen LogP contribution in [0.5, 0.6) is 0 Å². The number of fused-ring (bicyclic) bond motifs is 1. The molecule has 0 unspecified atom stereocenters. The van der Waals surface area contributed by atoms with Crippen LogP contribution in [0.4, 0.5) is 0 Å². The van der Waals surface area contributed by atoms with Crippen molar-refractivity contribution in [2.45, 2.75) is 0 Å². The van der Waals surface area contributed by atoms with E-state index in [0.29, 0.717) is 53.8 Å². The molecule has 156 valence electrons. The number of rotatable bonds is 3. The average molecular weight is 436 g/mol. The highest BCUT2D eigenvalue weighted by Gasteiger charge is 2.27. The summed E-state index contributed by atoms with van der Waals surface area (Å²) in [6.07, 6.45) is 1.48. The molecule has 0 N–H and O–H groups in total. The SMILES string of the molecule is O=C(c1ccc2noc(-c3ccc(Cl)cc3)c2c1)N1CCN(C(=O)c2ccco2)CC1. The van der Waals surface area contributed by atoms with Crippen molar-refractivity contribution >= 4 is 34.3 Å². The smallest absolute Gasteiger partial charge is 0.289 e. The quantitative estimate of drug-likeness (QED) is 0.478. The zero-order valence-electron chi connectivity index (χ0n) is 16.5. The lowest BCUT2D eigenvalue weighted by molar-refractivity contribution is 0.0518. The number of carbonyl (C=O) groups excluding carboxylic acids is 2. The van der Waals surface area contributed by atoms with Crippen LogP contribution in [0.25, 0.3) is 22.2 Å². The summed E-state index contributed by atoms with van der Waals surface area (Å²) in [6.45, 7) is 1.82. The Balaban J connectivity index is 1.34. The third kappa shape index (κ3) is 3.68. The van der Waals surface area contributed by atoms with Gasteiger partial charge < -0.3 is 18.7 Å². The molecule has 5 rings (SSSR count). The second-order valence-corrected chi connectivity index (χ2v) is 7.75. The number of benzene rings is 2. The minimum atomic E-state index is -0.157. The zero-order valence-corrected chi connectivity index (χ0v) is 17.2. The highest BCUT2D eigenvalue weighted by atomic mass is 35.5. The number of carbonyl (C=O) groups is 2. The highest BCUT2D eigenvalue weighted by molar-refractivity contribution is 6.30. The molecule has 31 heavy (non-hydrogen) atoms. The normalized spacial score (nSPS) is 14.2. The maximum absolute atomic E-state index is 13.1. The maximum Gasteiger partial charge on any atom is 0.289 e. The van der Waals surface area contributed by atoms with Crippen LogP contribution < -0.4 is 0 Å². The Morgan fingerprint density at radius 3 is 2.29 bits per heavy atom. The van der Waals surface area contributed by atoms with Gasteiger partial charge in [0.25, 0.3) is 11.8 Å². The van der Waals surface area contributed by atoms with Gasteiger partial charge in [-0.3, -0.25) is 9.59 Å². The molecule has 0 radical (unpaired) electrons. The Labute approximate surface area is 182 Å². The zero-order chi connectivity index (χ0) is 21.4. The topological polar surface area (TPSA) is 79.8 Å². The Morgan fingerprint density at radius 1 is 0.903 bits per heavy atom. The second-order valence-electron chi connectivity index (χ2n) is 7.31. The Bertz CT molecular complexity index is 1240. The van der Waals surface area contributed by atoms with Crippen molar-refractivity contribution in [3.63, 3.8) is 0 Å². The number of halogens is 1. The fourth-order valence-electron chi connectivity index (χ4n) is 3.74. The van der Waals surface area contributed by atoms with Crippen LogP contribution in [0.15, 0.2) is 69.8 Å². The van der Waals surface area contributed by atoms with Crippen molar-refractivity contribution < 1.29 is 18.5 Å². The van der Waals surface area contributed by atoms with Gasteiger partial charge in [-0.2, -0.15) is 0 Å². The van der Waals surface area contributed by atoms with Crippen LogP contribution in [-0.4, -0.2) is 52.9 Å². The first kappa shape index (κ1) is 19.4. The standard InChI is InChI=1S/C23H18ClN3O4/c24-17-6-3-15(4-7-17)21-18-14-16(5-8-19(18)25-31-21)22(28)26-9-11-27(12-10-26)23(29)20-2-1-13-30-20/h1-8,13-14H,9-12H2. The van der Waals surface area contributed by atoms with Crippen molar-refractivity contribution in [3.8, 4) is 11.3 Å². The first-order chi connectivity index (χ1) is 15.1. The summed E-state index contributed by atoms with van der Waals surface area (Å²) in [5.74, 6) is 0.661. The van der Waals surface area contributed by atoms with Crippen LogP contribution in [-0.2, 0) is 0 Å². The van der Waals surface area contributed by atoms with E-state index in [0.717, 1.165) is 10.9 Å². The van der Waals surface area contributed by atoms with E-state index in [9.17, 15) is 9.59 Å². The molecule has 1 fully saturated rings. The number of hydrogen-bond donors (Lipinski definition) is 0. The molecular formula is C23H18ClN3O4. The fraction of sp³-hybridized carbons (Fsp3) is 0.174. The van der Waals surface area contributed by atoms with Gasteiger partial charge in [-0.25, -0.2) is 0 Å². The van der Waals surface area contributed by atoms with E-state index < -0.39 is 0 Å². The first-order valence-electron chi connectivity index (χ1n) is 9.87. The molecule has 1 saturated heterocycles. The molecule has 1 aliphatic rings. The molecule has 1 aliphatic heterocycles. The van der Waals surface area contributed by atoms with Gasteiger partial charge in [-0.05, 0) is 54.6 Å². The lowest BCUT2D eigenvalue weighted by atomic mass is 10.1. The number of nitrogens with zero attached hydrogens (tertiary/aromatic N) is 3. The Hall–Kier alpha value is -3.58. The Morgan fingerprint density at radius 2 is 1.61 bits per heavy atom. The number of aromatic nitrogens is 1. The molecule has 7 nitrogen and oxygen atoms in total. The molecular weight excluding hydrogens is 418 g/mol. The van der Waals surface area contributed by atoms with Gasteiger partial charge in [0, 0.05) is 42.3 Å². The van der Waals surface area contributed by atoms with Gasteiger partial charge in [0.2, 0.25) is 0 Å². The van der Waals surface area contributed by atoms with E-state index in [1.54, 1.807) is 52.3 Å². The van der Waals surface area contributed by atoms with Gasteiger partial charge >= 0.3 is 0 Å². The van der Waals surface area contributed by atoms with Crippen LogP contribution in [0.1, 0.15) is 20.9 Å². The lowest BCUT2D eigenvalue weighted by Gasteiger charge is -2.34. The molecule has 2 aromatic heterocycles. The molecule has 2 aromatic carbocycles. The molecule has 8 heteroatoms.